The van der Waals surface area contributed by atoms with E-state index < -0.39 is 12.0 Å². The predicted molar refractivity (Wildman–Crippen MR) is 43.6 cm³/mol. The highest BCUT2D eigenvalue weighted by Gasteiger charge is 2.15. The van der Waals surface area contributed by atoms with Crippen molar-refractivity contribution in [3.05, 3.63) is 21.8 Å². The van der Waals surface area contributed by atoms with Gasteiger partial charge in [0.1, 0.15) is 5.82 Å². The average molecular weight is 213 g/mol. The summed E-state index contributed by atoms with van der Waals surface area (Å²) in [6.07, 6.45) is -2.69. The van der Waals surface area contributed by atoms with E-state index in [1.807, 2.05) is 0 Å². The molecule has 0 atom stereocenters. The van der Waals surface area contributed by atoms with E-state index in [1.165, 1.54) is 0 Å². The van der Waals surface area contributed by atoms with Crippen LogP contribution < -0.4 is 5.73 Å². The van der Waals surface area contributed by atoms with Gasteiger partial charge in [-0.05, 0) is 6.07 Å². The van der Waals surface area contributed by atoms with E-state index in [4.69, 9.17) is 28.9 Å². The fourth-order valence-electron chi connectivity index (χ4n) is 0.695. The summed E-state index contributed by atoms with van der Waals surface area (Å²) >= 11 is 10.8. The number of nitrogens with two attached hydrogens (primary N) is 1. The number of hydrogen-bond donors (Lipinski definition) is 1. The van der Waals surface area contributed by atoms with Crippen molar-refractivity contribution < 1.29 is 8.78 Å². The first-order valence-electron chi connectivity index (χ1n) is 2.92. The molecule has 0 aromatic carbocycles. The zero-order valence-electron chi connectivity index (χ0n) is 5.69. The second-order valence-electron chi connectivity index (χ2n) is 2.04. The number of rotatable bonds is 1. The molecule has 1 aromatic heterocycles. The first-order chi connectivity index (χ1) is 5.52. The summed E-state index contributed by atoms with van der Waals surface area (Å²) in [7, 11) is 0. The molecule has 66 valence electrons. The van der Waals surface area contributed by atoms with E-state index in [2.05, 4.69) is 4.98 Å². The molecule has 2 nitrogen and oxygen atoms in total. The average Bonchev–Trinajstić information content (AvgIpc) is 1.96. The van der Waals surface area contributed by atoms with Gasteiger partial charge in [-0.15, -0.1) is 0 Å². The Labute approximate surface area is 77.3 Å². The van der Waals surface area contributed by atoms with E-state index in [1.54, 1.807) is 0 Å². The van der Waals surface area contributed by atoms with E-state index in [-0.39, 0.29) is 16.0 Å². The molecule has 0 saturated carbocycles. The lowest BCUT2D eigenvalue weighted by Crippen LogP contribution is -1.95. The van der Waals surface area contributed by atoms with Gasteiger partial charge in [0, 0.05) is 5.56 Å². The van der Waals surface area contributed by atoms with Crippen molar-refractivity contribution in [2.75, 3.05) is 5.73 Å². The van der Waals surface area contributed by atoms with Crippen molar-refractivity contribution in [2.24, 2.45) is 0 Å². The topological polar surface area (TPSA) is 38.9 Å². The van der Waals surface area contributed by atoms with Crippen LogP contribution in [0, 0.1) is 0 Å². The third-order valence-corrected chi connectivity index (χ3v) is 1.97. The first-order valence-corrected chi connectivity index (χ1v) is 3.67. The van der Waals surface area contributed by atoms with Crippen molar-refractivity contribution in [3.8, 4) is 0 Å². The number of nitrogens with zero attached hydrogens (tertiary/aromatic N) is 1. The second kappa shape index (κ2) is 3.41. The van der Waals surface area contributed by atoms with Gasteiger partial charge < -0.3 is 5.73 Å². The van der Waals surface area contributed by atoms with Crippen molar-refractivity contribution >= 4 is 29.0 Å². The Morgan fingerprint density at radius 2 is 2.00 bits per heavy atom. The number of hydrogen-bond acceptors (Lipinski definition) is 2. The van der Waals surface area contributed by atoms with Crippen LogP contribution >= 0.6 is 23.2 Å². The molecule has 0 radical (unpaired) electrons. The van der Waals surface area contributed by atoms with Gasteiger partial charge in [0.2, 0.25) is 0 Å². The third kappa shape index (κ3) is 1.76. The largest absolute Gasteiger partial charge is 0.384 e. The molecular weight excluding hydrogens is 209 g/mol. The van der Waals surface area contributed by atoms with Crippen LogP contribution in [0.25, 0.3) is 0 Å². The van der Waals surface area contributed by atoms with Gasteiger partial charge in [0.25, 0.3) is 6.43 Å². The lowest BCUT2D eigenvalue weighted by molar-refractivity contribution is 0.151. The van der Waals surface area contributed by atoms with E-state index in [0.717, 1.165) is 6.07 Å². The van der Waals surface area contributed by atoms with Gasteiger partial charge in [0.15, 0.2) is 5.15 Å². The normalized spacial score (nSPS) is 10.8. The van der Waals surface area contributed by atoms with Crippen molar-refractivity contribution in [2.45, 2.75) is 6.43 Å². The highest BCUT2D eigenvalue weighted by molar-refractivity contribution is 6.41. The van der Waals surface area contributed by atoms with Crippen molar-refractivity contribution in [3.63, 3.8) is 0 Å². The molecule has 0 unspecified atom stereocenters. The molecule has 0 aliphatic heterocycles. The fraction of sp³-hybridized carbons (Fsp3) is 0.167. The summed E-state index contributed by atoms with van der Waals surface area (Å²) in [6, 6.07) is 0.999. The molecule has 0 aliphatic carbocycles. The van der Waals surface area contributed by atoms with Crippen LogP contribution in [0.5, 0.6) is 0 Å². The monoisotopic (exact) mass is 212 g/mol. The van der Waals surface area contributed by atoms with E-state index in [0.29, 0.717) is 0 Å². The van der Waals surface area contributed by atoms with Crippen LogP contribution in [0.15, 0.2) is 6.07 Å². The molecule has 1 aromatic rings. The molecule has 0 spiro atoms. The lowest BCUT2D eigenvalue weighted by atomic mass is 10.3. The number of anilines is 1. The zero-order chi connectivity index (χ0) is 9.30. The van der Waals surface area contributed by atoms with Gasteiger partial charge in [-0.1, -0.05) is 23.2 Å². The summed E-state index contributed by atoms with van der Waals surface area (Å²) in [5.41, 5.74) is 4.78. The number of alkyl halides is 2. The molecule has 1 rings (SSSR count). The minimum atomic E-state index is -2.69. The number of nitrogen functional groups attached to an aromatic ring is 1. The Hall–Kier alpha value is -0.610. The van der Waals surface area contributed by atoms with E-state index in [9.17, 15) is 8.78 Å². The quantitative estimate of drug-likeness (QED) is 0.728. The maximum atomic E-state index is 12.2. The SMILES string of the molecule is Nc1cc(C(F)F)c(Cl)c(Cl)n1. The van der Waals surface area contributed by atoms with Crippen molar-refractivity contribution in [1.29, 1.82) is 0 Å². The molecule has 12 heavy (non-hydrogen) atoms. The smallest absolute Gasteiger partial charge is 0.265 e. The minimum Gasteiger partial charge on any atom is -0.384 e. The summed E-state index contributed by atoms with van der Waals surface area (Å²) in [5, 5.41) is -0.451. The molecular formula is C6H4Cl2F2N2. The molecule has 0 bridgehead atoms. The molecule has 0 saturated heterocycles. The van der Waals surface area contributed by atoms with Crippen LogP contribution in [-0.4, -0.2) is 4.98 Å². The Morgan fingerprint density at radius 3 is 2.50 bits per heavy atom. The zero-order valence-corrected chi connectivity index (χ0v) is 7.20. The Kier molecular flexibility index (Phi) is 2.69. The van der Waals surface area contributed by atoms with Gasteiger partial charge in [-0.2, -0.15) is 0 Å². The van der Waals surface area contributed by atoms with Crippen LogP contribution in [-0.2, 0) is 0 Å². The molecule has 0 aliphatic rings. The molecule has 0 fully saturated rings. The molecule has 0 amide bonds. The van der Waals surface area contributed by atoms with Gasteiger partial charge in [-0.25, -0.2) is 13.8 Å². The minimum absolute atomic E-state index is 0.0697. The highest BCUT2D eigenvalue weighted by Crippen LogP contribution is 2.32. The Morgan fingerprint density at radius 1 is 1.42 bits per heavy atom. The fourth-order valence-corrected chi connectivity index (χ4v) is 1.08. The summed E-state index contributed by atoms with van der Waals surface area (Å²) in [5.74, 6) is -0.0697. The maximum Gasteiger partial charge on any atom is 0.265 e. The van der Waals surface area contributed by atoms with Crippen LogP contribution in [0.3, 0.4) is 0 Å². The lowest BCUT2D eigenvalue weighted by Gasteiger charge is -2.04. The van der Waals surface area contributed by atoms with Crippen molar-refractivity contribution in [1.82, 2.24) is 4.98 Å². The van der Waals surface area contributed by atoms with E-state index >= 15 is 0 Å². The second-order valence-corrected chi connectivity index (χ2v) is 2.78. The highest BCUT2D eigenvalue weighted by atomic mass is 35.5. The number of aromatic nitrogens is 1. The number of halogens is 4. The third-order valence-electron chi connectivity index (χ3n) is 1.20. The first kappa shape index (κ1) is 9.48. The van der Waals surface area contributed by atoms with Gasteiger partial charge in [-0.3, -0.25) is 0 Å². The maximum absolute atomic E-state index is 12.2. The summed E-state index contributed by atoms with van der Waals surface area (Å²) in [6.45, 7) is 0. The standard InChI is InChI=1S/C6H4Cl2F2N2/c7-4-2(6(9)10)1-3(11)12-5(4)8/h1,6H,(H2,11,12). The van der Waals surface area contributed by atoms with Gasteiger partial charge >= 0.3 is 0 Å². The van der Waals surface area contributed by atoms with Crippen LogP contribution in [0.4, 0.5) is 14.6 Å². The van der Waals surface area contributed by atoms with Gasteiger partial charge in [0.05, 0.1) is 5.02 Å². The molecule has 6 heteroatoms. The Balaban J connectivity index is 3.28. The predicted octanol–water partition coefficient (Wildman–Crippen LogP) is 2.91. The molecule has 2 N–H and O–H groups in total. The Bertz CT molecular complexity index is 304. The summed E-state index contributed by atoms with van der Waals surface area (Å²) < 4.78 is 24.3. The molecule has 1 heterocycles. The number of pyridine rings is 1. The van der Waals surface area contributed by atoms with Crippen LogP contribution in [0.1, 0.15) is 12.0 Å². The van der Waals surface area contributed by atoms with Crippen LogP contribution in [0.2, 0.25) is 10.2 Å². The summed E-state index contributed by atoms with van der Waals surface area (Å²) in [4.78, 5) is 3.49.